The van der Waals surface area contributed by atoms with E-state index in [1.807, 2.05) is 36.4 Å². The van der Waals surface area contributed by atoms with Crippen molar-refractivity contribution in [2.75, 3.05) is 0 Å². The summed E-state index contributed by atoms with van der Waals surface area (Å²) in [6, 6.07) is 26.7. The number of aromatic carboxylic acids is 3. The number of hydrogen-bond donors (Lipinski definition) is 3. The van der Waals surface area contributed by atoms with Crippen LogP contribution in [-0.4, -0.2) is 44.0 Å². The van der Waals surface area contributed by atoms with E-state index in [0.717, 1.165) is 11.6 Å². The van der Waals surface area contributed by atoms with E-state index in [1.54, 1.807) is 48.5 Å². The van der Waals surface area contributed by atoms with Gasteiger partial charge in [0.05, 0.1) is 22.3 Å². The summed E-state index contributed by atoms with van der Waals surface area (Å²) >= 11 is 0. The summed E-state index contributed by atoms with van der Waals surface area (Å²) in [5.74, 6) is -4.30. The van der Waals surface area contributed by atoms with Crippen molar-refractivity contribution >= 4 is 23.8 Å². The number of rotatable bonds is 10. The Labute approximate surface area is 223 Å². The van der Waals surface area contributed by atoms with Gasteiger partial charge in [0.2, 0.25) is 0 Å². The number of ether oxygens (including phenoxy) is 1. The molecule has 1 amide bonds. The average Bonchev–Trinajstić information content (AvgIpc) is 2.93. The molecule has 4 rings (SSSR count). The number of nitrogens with zero attached hydrogens (tertiary/aromatic N) is 1. The molecule has 39 heavy (non-hydrogen) atoms. The van der Waals surface area contributed by atoms with Gasteiger partial charge in [0.1, 0.15) is 11.5 Å². The summed E-state index contributed by atoms with van der Waals surface area (Å²) in [4.78, 5) is 50.4. The molecule has 0 fully saturated rings. The fourth-order valence-electron chi connectivity index (χ4n) is 3.99. The van der Waals surface area contributed by atoms with Gasteiger partial charge in [-0.1, -0.05) is 60.7 Å². The molecule has 0 heterocycles. The van der Waals surface area contributed by atoms with E-state index in [1.165, 1.54) is 4.90 Å². The summed E-state index contributed by atoms with van der Waals surface area (Å²) in [6.45, 7) is 0.144. The number of carboxylic acid groups (broad SMARTS) is 3. The lowest BCUT2D eigenvalue weighted by Gasteiger charge is -2.24. The molecule has 0 aliphatic rings. The molecule has 0 saturated carbocycles. The highest BCUT2D eigenvalue weighted by Crippen LogP contribution is 2.24. The molecule has 4 aromatic carbocycles. The fourth-order valence-corrected chi connectivity index (χ4v) is 3.99. The van der Waals surface area contributed by atoms with Gasteiger partial charge in [-0.3, -0.25) is 4.79 Å². The van der Waals surface area contributed by atoms with Crippen molar-refractivity contribution in [3.8, 4) is 11.5 Å². The van der Waals surface area contributed by atoms with Crippen LogP contribution >= 0.6 is 0 Å². The summed E-state index contributed by atoms with van der Waals surface area (Å²) in [5.41, 5.74) is -0.973. The Bertz CT molecular complexity index is 1520. The zero-order chi connectivity index (χ0) is 27.9. The van der Waals surface area contributed by atoms with Gasteiger partial charge in [0.15, 0.2) is 0 Å². The van der Waals surface area contributed by atoms with Gasteiger partial charge < -0.3 is 25.0 Å². The van der Waals surface area contributed by atoms with Crippen molar-refractivity contribution in [2.24, 2.45) is 0 Å². The normalized spacial score (nSPS) is 10.5. The number of carboxylic acids is 3. The van der Waals surface area contributed by atoms with Crippen LogP contribution in [-0.2, 0) is 13.1 Å². The second kappa shape index (κ2) is 11.7. The minimum absolute atomic E-state index is 0.0570. The van der Waals surface area contributed by atoms with Crippen molar-refractivity contribution in [3.05, 3.63) is 130 Å². The molecular weight excluding hydrogens is 502 g/mol. The highest BCUT2D eigenvalue weighted by atomic mass is 16.5. The second-order valence-corrected chi connectivity index (χ2v) is 8.56. The van der Waals surface area contributed by atoms with Crippen LogP contribution in [0, 0.1) is 0 Å². The van der Waals surface area contributed by atoms with Crippen LogP contribution in [0.5, 0.6) is 11.5 Å². The SMILES string of the molecule is O=C(O)c1cc(C(=O)O)c(C(=O)N(Cc2ccccc2)Cc2ccc(Oc3ccccc3)cc2)cc1C(=O)O. The smallest absolute Gasteiger partial charge is 0.336 e. The van der Waals surface area contributed by atoms with Crippen LogP contribution in [0.25, 0.3) is 0 Å². The van der Waals surface area contributed by atoms with Gasteiger partial charge in [-0.25, -0.2) is 14.4 Å². The average molecular weight is 526 g/mol. The summed E-state index contributed by atoms with van der Waals surface area (Å²) in [6.07, 6.45) is 0. The highest BCUT2D eigenvalue weighted by Gasteiger charge is 2.28. The number of para-hydroxylation sites is 1. The molecule has 0 bridgehead atoms. The zero-order valence-corrected chi connectivity index (χ0v) is 20.5. The Kier molecular flexibility index (Phi) is 8.01. The van der Waals surface area contributed by atoms with Crippen LogP contribution in [0.2, 0.25) is 0 Å². The van der Waals surface area contributed by atoms with Crippen LogP contribution in [0.1, 0.15) is 52.6 Å². The number of carbonyl (C=O) groups excluding carboxylic acids is 1. The topological polar surface area (TPSA) is 141 Å². The van der Waals surface area contributed by atoms with Gasteiger partial charge in [-0.15, -0.1) is 0 Å². The second-order valence-electron chi connectivity index (χ2n) is 8.56. The van der Waals surface area contributed by atoms with Crippen molar-refractivity contribution in [2.45, 2.75) is 13.1 Å². The molecule has 0 spiro atoms. The van der Waals surface area contributed by atoms with Gasteiger partial charge >= 0.3 is 17.9 Å². The number of benzene rings is 4. The maximum Gasteiger partial charge on any atom is 0.336 e. The van der Waals surface area contributed by atoms with Crippen LogP contribution in [0.15, 0.2) is 97.1 Å². The fraction of sp³-hybridized carbons (Fsp3) is 0.0667. The first-order valence-electron chi connectivity index (χ1n) is 11.8. The quantitative estimate of drug-likeness (QED) is 0.249. The van der Waals surface area contributed by atoms with E-state index in [4.69, 9.17) is 4.74 Å². The molecule has 0 aliphatic heterocycles. The first-order valence-corrected chi connectivity index (χ1v) is 11.8. The third kappa shape index (κ3) is 6.47. The Morgan fingerprint density at radius 2 is 0.949 bits per heavy atom. The van der Waals surface area contributed by atoms with Crippen molar-refractivity contribution < 1.29 is 39.2 Å². The van der Waals surface area contributed by atoms with Gasteiger partial charge in [-0.2, -0.15) is 0 Å². The lowest BCUT2D eigenvalue weighted by molar-refractivity contribution is 0.0643. The van der Waals surface area contributed by atoms with Gasteiger partial charge in [0.25, 0.3) is 5.91 Å². The van der Waals surface area contributed by atoms with Gasteiger partial charge in [0, 0.05) is 13.1 Å². The minimum atomic E-state index is -1.62. The van der Waals surface area contributed by atoms with E-state index in [0.29, 0.717) is 23.1 Å². The van der Waals surface area contributed by atoms with Crippen molar-refractivity contribution in [1.29, 1.82) is 0 Å². The van der Waals surface area contributed by atoms with E-state index in [9.17, 15) is 34.5 Å². The third-order valence-corrected chi connectivity index (χ3v) is 5.86. The molecule has 0 atom stereocenters. The van der Waals surface area contributed by atoms with Crippen LogP contribution in [0.3, 0.4) is 0 Å². The molecule has 4 aromatic rings. The molecule has 9 heteroatoms. The Balaban J connectivity index is 1.69. The number of hydrogen-bond acceptors (Lipinski definition) is 5. The van der Waals surface area contributed by atoms with E-state index in [2.05, 4.69) is 0 Å². The van der Waals surface area contributed by atoms with Crippen LogP contribution in [0.4, 0.5) is 0 Å². The Morgan fingerprint density at radius 3 is 1.46 bits per heavy atom. The summed E-state index contributed by atoms with van der Waals surface area (Å²) in [7, 11) is 0. The summed E-state index contributed by atoms with van der Waals surface area (Å²) < 4.78 is 5.81. The van der Waals surface area contributed by atoms with E-state index < -0.39 is 46.1 Å². The monoisotopic (exact) mass is 525 g/mol. The Hall–Kier alpha value is -5.44. The molecule has 196 valence electrons. The molecule has 3 N–H and O–H groups in total. The number of carbonyl (C=O) groups is 4. The van der Waals surface area contributed by atoms with Crippen LogP contribution < -0.4 is 4.74 Å². The van der Waals surface area contributed by atoms with E-state index in [-0.39, 0.29) is 13.1 Å². The standard InChI is InChI=1S/C30H23NO8/c32-27(23-15-25(29(35)36)26(30(37)38)16-24(23)28(33)34)31(17-19-7-3-1-4-8-19)18-20-11-13-22(14-12-20)39-21-9-5-2-6-10-21/h1-16H,17-18H2,(H,33,34)(H,35,36)(H,37,38). The first-order chi connectivity index (χ1) is 18.7. The summed E-state index contributed by atoms with van der Waals surface area (Å²) in [5, 5.41) is 28.7. The third-order valence-electron chi connectivity index (χ3n) is 5.86. The molecule has 9 nitrogen and oxygen atoms in total. The molecule has 0 aliphatic carbocycles. The lowest BCUT2D eigenvalue weighted by atomic mass is 9.96. The first kappa shape index (κ1) is 26.6. The largest absolute Gasteiger partial charge is 0.478 e. The lowest BCUT2D eigenvalue weighted by Crippen LogP contribution is -2.32. The zero-order valence-electron chi connectivity index (χ0n) is 20.5. The molecule has 0 unspecified atom stereocenters. The van der Waals surface area contributed by atoms with E-state index >= 15 is 0 Å². The highest BCUT2D eigenvalue weighted by molar-refractivity contribution is 6.10. The van der Waals surface area contributed by atoms with Crippen molar-refractivity contribution in [3.63, 3.8) is 0 Å². The maximum absolute atomic E-state index is 13.7. The minimum Gasteiger partial charge on any atom is -0.478 e. The van der Waals surface area contributed by atoms with Gasteiger partial charge in [-0.05, 0) is 47.5 Å². The molecule has 0 radical (unpaired) electrons. The molecular formula is C30H23NO8. The predicted molar refractivity (Wildman–Crippen MR) is 140 cm³/mol. The number of amides is 1. The molecule has 0 saturated heterocycles. The molecule has 0 aromatic heterocycles. The maximum atomic E-state index is 13.7. The van der Waals surface area contributed by atoms with Crippen molar-refractivity contribution in [1.82, 2.24) is 4.90 Å². The predicted octanol–water partition coefficient (Wildman–Crippen LogP) is 5.42. The Morgan fingerprint density at radius 1 is 0.538 bits per heavy atom.